The smallest absolute Gasteiger partial charge is 0.217 e. The first kappa shape index (κ1) is 8.67. The van der Waals surface area contributed by atoms with Crippen LogP contribution in [0, 0.1) is 0 Å². The second-order valence-corrected chi connectivity index (χ2v) is 3.81. The minimum absolute atomic E-state index is 0.198. The van der Waals surface area contributed by atoms with Crippen molar-refractivity contribution in [3.63, 3.8) is 0 Å². The molecule has 1 aliphatic rings. The lowest BCUT2D eigenvalue weighted by Crippen LogP contribution is -2.32. The second-order valence-electron chi connectivity index (χ2n) is 3.81. The number of aromatic nitrogens is 3. The number of hydrogen-bond donors (Lipinski definition) is 1. The van der Waals surface area contributed by atoms with Crippen LogP contribution >= 0.6 is 0 Å². The Balaban J connectivity index is 2.00. The first-order valence-electron chi connectivity index (χ1n) is 5.06. The second kappa shape index (κ2) is 3.20. The van der Waals surface area contributed by atoms with Crippen LogP contribution in [-0.4, -0.2) is 20.8 Å². The predicted octanol–water partition coefficient (Wildman–Crippen LogP) is 0.812. The third-order valence-electron chi connectivity index (χ3n) is 2.64. The van der Waals surface area contributed by atoms with Crippen LogP contribution in [0.4, 0.5) is 0 Å². The summed E-state index contributed by atoms with van der Waals surface area (Å²) in [5.74, 6) is 2.37. The van der Waals surface area contributed by atoms with Gasteiger partial charge in [0.25, 0.3) is 0 Å². The van der Waals surface area contributed by atoms with Gasteiger partial charge in [0.2, 0.25) is 5.82 Å². The van der Waals surface area contributed by atoms with Crippen molar-refractivity contribution in [3.05, 3.63) is 24.2 Å². The third kappa shape index (κ3) is 1.45. The Labute approximate surface area is 86.9 Å². The van der Waals surface area contributed by atoms with Crippen molar-refractivity contribution in [2.75, 3.05) is 0 Å². The monoisotopic (exact) mass is 204 g/mol. The average molecular weight is 204 g/mol. The van der Waals surface area contributed by atoms with Crippen molar-refractivity contribution in [3.8, 4) is 11.6 Å². The van der Waals surface area contributed by atoms with E-state index < -0.39 is 0 Å². The summed E-state index contributed by atoms with van der Waals surface area (Å²) in [5, 5.41) is 4.38. The number of nitrogens with two attached hydrogens (primary N) is 1. The van der Waals surface area contributed by atoms with Gasteiger partial charge in [-0.15, -0.1) is 5.10 Å². The highest BCUT2D eigenvalue weighted by molar-refractivity contribution is 5.45. The fraction of sp³-hybridized carbons (Fsp3) is 0.400. The number of aryl methyl sites for hydroxylation is 1. The van der Waals surface area contributed by atoms with Gasteiger partial charge in [-0.1, -0.05) is 0 Å². The lowest BCUT2D eigenvalue weighted by Gasteiger charge is -2.17. The highest BCUT2D eigenvalue weighted by Crippen LogP contribution is 2.19. The van der Waals surface area contributed by atoms with E-state index in [0.29, 0.717) is 11.6 Å². The normalized spacial score (nSPS) is 20.2. The molecule has 2 N–H and O–H groups in total. The first-order valence-corrected chi connectivity index (χ1v) is 5.06. The number of furan rings is 1. The number of rotatable bonds is 1. The van der Waals surface area contributed by atoms with E-state index in [2.05, 4.69) is 10.1 Å². The Hall–Kier alpha value is -1.62. The highest BCUT2D eigenvalue weighted by Gasteiger charge is 2.20. The molecular weight excluding hydrogens is 192 g/mol. The van der Waals surface area contributed by atoms with Crippen molar-refractivity contribution in [2.24, 2.45) is 5.73 Å². The summed E-state index contributed by atoms with van der Waals surface area (Å²) in [4.78, 5) is 4.43. The lowest BCUT2D eigenvalue weighted by atomic mass is 10.1. The molecule has 1 atom stereocenters. The molecule has 78 valence electrons. The Morgan fingerprint density at radius 1 is 1.53 bits per heavy atom. The molecule has 0 aliphatic carbocycles. The van der Waals surface area contributed by atoms with E-state index in [9.17, 15) is 0 Å². The summed E-state index contributed by atoms with van der Waals surface area (Å²) in [6.07, 6.45) is 3.51. The molecule has 3 heterocycles. The van der Waals surface area contributed by atoms with E-state index in [1.54, 1.807) is 6.26 Å². The molecular formula is C10H12N4O. The molecule has 0 saturated heterocycles. The maximum Gasteiger partial charge on any atom is 0.217 e. The zero-order valence-electron chi connectivity index (χ0n) is 8.26. The maximum absolute atomic E-state index is 5.87. The molecule has 1 aliphatic heterocycles. The Morgan fingerprint density at radius 3 is 3.27 bits per heavy atom. The molecule has 0 radical (unpaired) electrons. The predicted molar refractivity (Wildman–Crippen MR) is 54.0 cm³/mol. The zero-order chi connectivity index (χ0) is 10.3. The van der Waals surface area contributed by atoms with Crippen LogP contribution in [0.5, 0.6) is 0 Å². The van der Waals surface area contributed by atoms with Gasteiger partial charge in [-0.3, -0.25) is 0 Å². The van der Waals surface area contributed by atoms with Crippen LogP contribution in [0.3, 0.4) is 0 Å². The van der Waals surface area contributed by atoms with Gasteiger partial charge in [0.05, 0.1) is 12.8 Å². The summed E-state index contributed by atoms with van der Waals surface area (Å²) in [7, 11) is 0. The zero-order valence-corrected chi connectivity index (χ0v) is 8.26. The van der Waals surface area contributed by atoms with Crippen LogP contribution in [0.1, 0.15) is 12.2 Å². The van der Waals surface area contributed by atoms with E-state index >= 15 is 0 Å². The van der Waals surface area contributed by atoms with Crippen molar-refractivity contribution >= 4 is 0 Å². The fourth-order valence-corrected chi connectivity index (χ4v) is 1.84. The molecule has 2 aromatic heterocycles. The molecule has 0 fully saturated rings. The van der Waals surface area contributed by atoms with Crippen molar-refractivity contribution in [2.45, 2.75) is 25.4 Å². The molecule has 3 rings (SSSR count). The SMILES string of the molecule is NC1CCc2nc(-c3ccco3)nn2C1. The number of hydrogen-bond acceptors (Lipinski definition) is 4. The van der Waals surface area contributed by atoms with E-state index in [1.807, 2.05) is 16.8 Å². The van der Waals surface area contributed by atoms with Crippen molar-refractivity contribution < 1.29 is 4.42 Å². The molecule has 0 bridgehead atoms. The van der Waals surface area contributed by atoms with Crippen LogP contribution < -0.4 is 5.73 Å². The van der Waals surface area contributed by atoms with Gasteiger partial charge in [0, 0.05) is 12.5 Å². The summed E-state index contributed by atoms with van der Waals surface area (Å²) in [6.45, 7) is 0.753. The standard InChI is InChI=1S/C10H12N4O/c11-7-3-4-9-12-10(13-14(9)6-7)8-2-1-5-15-8/h1-2,5,7H,3-4,6,11H2. The summed E-state index contributed by atoms with van der Waals surface area (Å²) < 4.78 is 7.14. The van der Waals surface area contributed by atoms with Gasteiger partial charge in [0.1, 0.15) is 5.82 Å². The van der Waals surface area contributed by atoms with Gasteiger partial charge >= 0.3 is 0 Å². The molecule has 0 amide bonds. The Kier molecular flexibility index (Phi) is 1.85. The van der Waals surface area contributed by atoms with Crippen molar-refractivity contribution in [1.82, 2.24) is 14.8 Å². The molecule has 0 saturated carbocycles. The fourth-order valence-electron chi connectivity index (χ4n) is 1.84. The summed E-state index contributed by atoms with van der Waals surface area (Å²) in [5.41, 5.74) is 5.87. The maximum atomic E-state index is 5.87. The van der Waals surface area contributed by atoms with Gasteiger partial charge < -0.3 is 10.2 Å². The van der Waals surface area contributed by atoms with E-state index in [4.69, 9.17) is 10.2 Å². The van der Waals surface area contributed by atoms with Crippen LogP contribution in [0.25, 0.3) is 11.6 Å². The van der Waals surface area contributed by atoms with Crippen LogP contribution in [-0.2, 0) is 13.0 Å². The minimum atomic E-state index is 0.198. The van der Waals surface area contributed by atoms with Crippen molar-refractivity contribution in [1.29, 1.82) is 0 Å². The molecule has 2 aromatic rings. The van der Waals surface area contributed by atoms with E-state index in [1.165, 1.54) is 0 Å². The number of fused-ring (bicyclic) bond motifs is 1. The van der Waals surface area contributed by atoms with E-state index in [-0.39, 0.29) is 6.04 Å². The molecule has 1 unspecified atom stereocenters. The quantitative estimate of drug-likeness (QED) is 0.746. The first-order chi connectivity index (χ1) is 7.33. The highest BCUT2D eigenvalue weighted by atomic mass is 16.3. The van der Waals surface area contributed by atoms with Gasteiger partial charge in [0.15, 0.2) is 5.76 Å². The Bertz CT molecular complexity index is 460. The molecule has 5 heteroatoms. The minimum Gasteiger partial charge on any atom is -0.461 e. The number of nitrogens with zero attached hydrogens (tertiary/aromatic N) is 3. The summed E-state index contributed by atoms with van der Waals surface area (Å²) in [6, 6.07) is 3.89. The molecule has 15 heavy (non-hydrogen) atoms. The Morgan fingerprint density at radius 2 is 2.47 bits per heavy atom. The molecule has 0 aromatic carbocycles. The van der Waals surface area contributed by atoms with Gasteiger partial charge in [-0.25, -0.2) is 9.67 Å². The molecule has 0 spiro atoms. The molecule has 5 nitrogen and oxygen atoms in total. The van der Waals surface area contributed by atoms with Gasteiger partial charge in [-0.2, -0.15) is 0 Å². The largest absolute Gasteiger partial charge is 0.461 e. The average Bonchev–Trinajstić information content (AvgIpc) is 2.84. The lowest BCUT2D eigenvalue weighted by molar-refractivity contribution is 0.421. The topological polar surface area (TPSA) is 69.9 Å². The van der Waals surface area contributed by atoms with Crippen LogP contribution in [0.2, 0.25) is 0 Å². The summed E-state index contributed by atoms with van der Waals surface area (Å²) >= 11 is 0. The third-order valence-corrected chi connectivity index (χ3v) is 2.64. The van der Waals surface area contributed by atoms with Crippen LogP contribution in [0.15, 0.2) is 22.8 Å². The van der Waals surface area contributed by atoms with E-state index in [0.717, 1.165) is 25.2 Å². The van der Waals surface area contributed by atoms with Gasteiger partial charge in [-0.05, 0) is 18.6 Å².